The lowest BCUT2D eigenvalue weighted by Crippen LogP contribution is -2.44. The van der Waals surface area contributed by atoms with E-state index < -0.39 is 0 Å². The van der Waals surface area contributed by atoms with Crippen LogP contribution in [0.3, 0.4) is 0 Å². The maximum atomic E-state index is 13.2. The maximum absolute atomic E-state index is 13.2. The van der Waals surface area contributed by atoms with Gasteiger partial charge >= 0.3 is 0 Å². The lowest BCUT2D eigenvalue weighted by molar-refractivity contribution is 0.373. The molecule has 1 saturated carbocycles. The minimum absolute atomic E-state index is 0.154. The minimum Gasteiger partial charge on any atom is -0.382 e. The lowest BCUT2D eigenvalue weighted by atomic mass is 9.87. The van der Waals surface area contributed by atoms with Crippen LogP contribution in [0.25, 0.3) is 0 Å². The van der Waals surface area contributed by atoms with Crippen LogP contribution in [-0.2, 0) is 0 Å². The molecule has 1 aromatic rings. The standard InChI is InChI=1S/C11H15FN2/c1-7-10(12)3-2-4-11(7)14-9-5-8(13)6-9/h2-4,8-9,14H,5-6,13H2,1H3. The van der Waals surface area contributed by atoms with Crippen molar-refractivity contribution in [3.05, 3.63) is 29.6 Å². The molecule has 3 heteroatoms. The summed E-state index contributed by atoms with van der Waals surface area (Å²) in [7, 11) is 0. The Hall–Kier alpha value is -1.09. The van der Waals surface area contributed by atoms with Gasteiger partial charge in [0.1, 0.15) is 5.82 Å². The number of hydrogen-bond acceptors (Lipinski definition) is 2. The fraction of sp³-hybridized carbons (Fsp3) is 0.455. The molecule has 0 aromatic heterocycles. The van der Waals surface area contributed by atoms with Gasteiger partial charge in [-0.2, -0.15) is 0 Å². The van der Waals surface area contributed by atoms with Crippen LogP contribution >= 0.6 is 0 Å². The Bertz CT molecular complexity index is 332. The van der Waals surface area contributed by atoms with Crippen molar-refractivity contribution >= 4 is 5.69 Å². The number of halogens is 1. The first-order valence-corrected chi connectivity index (χ1v) is 4.94. The van der Waals surface area contributed by atoms with E-state index in [4.69, 9.17) is 5.73 Å². The molecule has 0 spiro atoms. The first kappa shape index (κ1) is 9.46. The summed E-state index contributed by atoms with van der Waals surface area (Å²) < 4.78 is 13.2. The van der Waals surface area contributed by atoms with E-state index in [0.717, 1.165) is 18.5 Å². The molecular formula is C11H15FN2. The Morgan fingerprint density at radius 2 is 2.14 bits per heavy atom. The number of rotatable bonds is 2. The molecule has 76 valence electrons. The van der Waals surface area contributed by atoms with E-state index in [2.05, 4.69) is 5.32 Å². The third-order valence-corrected chi connectivity index (χ3v) is 2.80. The van der Waals surface area contributed by atoms with Gasteiger partial charge in [0.05, 0.1) is 0 Å². The van der Waals surface area contributed by atoms with Crippen molar-refractivity contribution in [2.75, 3.05) is 5.32 Å². The van der Waals surface area contributed by atoms with Gasteiger partial charge in [0.2, 0.25) is 0 Å². The SMILES string of the molecule is Cc1c(F)cccc1NC1CC(N)C1. The molecule has 3 N–H and O–H groups in total. The molecule has 1 aliphatic rings. The summed E-state index contributed by atoms with van der Waals surface area (Å²) in [6.07, 6.45) is 1.96. The van der Waals surface area contributed by atoms with Gasteiger partial charge in [0.15, 0.2) is 0 Å². The number of hydrogen-bond donors (Lipinski definition) is 2. The molecule has 1 aliphatic carbocycles. The molecule has 1 aromatic carbocycles. The highest BCUT2D eigenvalue weighted by molar-refractivity contribution is 5.52. The van der Waals surface area contributed by atoms with E-state index in [-0.39, 0.29) is 5.82 Å². The normalized spacial score (nSPS) is 25.6. The molecule has 0 aliphatic heterocycles. The summed E-state index contributed by atoms with van der Waals surface area (Å²) in [5, 5.41) is 3.30. The predicted octanol–water partition coefficient (Wildman–Crippen LogP) is 2.04. The van der Waals surface area contributed by atoms with Gasteiger partial charge in [0.25, 0.3) is 0 Å². The second kappa shape index (κ2) is 3.58. The molecule has 1 fully saturated rings. The average molecular weight is 194 g/mol. The highest BCUT2D eigenvalue weighted by Crippen LogP contribution is 2.25. The molecule has 14 heavy (non-hydrogen) atoms. The van der Waals surface area contributed by atoms with Crippen molar-refractivity contribution in [1.29, 1.82) is 0 Å². The van der Waals surface area contributed by atoms with Crippen molar-refractivity contribution in [1.82, 2.24) is 0 Å². The van der Waals surface area contributed by atoms with E-state index in [1.807, 2.05) is 6.07 Å². The zero-order valence-corrected chi connectivity index (χ0v) is 8.26. The quantitative estimate of drug-likeness (QED) is 0.756. The summed E-state index contributed by atoms with van der Waals surface area (Å²) in [6, 6.07) is 5.85. The Labute approximate surface area is 83.3 Å². The summed E-state index contributed by atoms with van der Waals surface area (Å²) in [6.45, 7) is 1.79. The van der Waals surface area contributed by atoms with Crippen molar-refractivity contribution in [2.24, 2.45) is 5.73 Å². The largest absolute Gasteiger partial charge is 0.382 e. The summed E-state index contributed by atoms with van der Waals surface area (Å²) in [4.78, 5) is 0. The van der Waals surface area contributed by atoms with E-state index >= 15 is 0 Å². The molecule has 0 radical (unpaired) electrons. The predicted molar refractivity (Wildman–Crippen MR) is 55.8 cm³/mol. The first-order chi connectivity index (χ1) is 6.66. The maximum Gasteiger partial charge on any atom is 0.128 e. The van der Waals surface area contributed by atoms with Gasteiger partial charge in [-0.15, -0.1) is 0 Å². The Balaban J connectivity index is 2.06. The van der Waals surface area contributed by atoms with Crippen LogP contribution in [0.2, 0.25) is 0 Å². The fourth-order valence-corrected chi connectivity index (χ4v) is 1.76. The zero-order chi connectivity index (χ0) is 10.1. The Morgan fingerprint density at radius 1 is 1.43 bits per heavy atom. The van der Waals surface area contributed by atoms with Gasteiger partial charge < -0.3 is 11.1 Å². The third kappa shape index (κ3) is 1.73. The number of anilines is 1. The molecule has 0 amide bonds. The van der Waals surface area contributed by atoms with Gasteiger partial charge in [0, 0.05) is 23.3 Å². The van der Waals surface area contributed by atoms with Crippen LogP contribution in [0.1, 0.15) is 18.4 Å². The fourth-order valence-electron chi connectivity index (χ4n) is 1.76. The van der Waals surface area contributed by atoms with Gasteiger partial charge in [-0.05, 0) is 31.9 Å². The van der Waals surface area contributed by atoms with E-state index in [1.54, 1.807) is 13.0 Å². The Kier molecular flexibility index (Phi) is 2.42. The summed E-state index contributed by atoms with van der Waals surface area (Å²) >= 11 is 0. The number of benzene rings is 1. The van der Waals surface area contributed by atoms with Gasteiger partial charge in [-0.25, -0.2) is 4.39 Å². The van der Waals surface area contributed by atoms with E-state index in [9.17, 15) is 4.39 Å². The average Bonchev–Trinajstić information content (AvgIpc) is 2.10. The van der Waals surface area contributed by atoms with Crippen molar-refractivity contribution in [2.45, 2.75) is 31.8 Å². The monoisotopic (exact) mass is 194 g/mol. The Morgan fingerprint density at radius 3 is 2.79 bits per heavy atom. The highest BCUT2D eigenvalue weighted by Gasteiger charge is 2.25. The van der Waals surface area contributed by atoms with E-state index in [1.165, 1.54) is 6.07 Å². The van der Waals surface area contributed by atoms with Crippen LogP contribution in [0, 0.1) is 12.7 Å². The molecule has 0 unspecified atom stereocenters. The second-order valence-corrected chi connectivity index (χ2v) is 3.99. The molecule has 2 rings (SSSR count). The molecular weight excluding hydrogens is 179 g/mol. The lowest BCUT2D eigenvalue weighted by Gasteiger charge is -2.34. The molecule has 0 atom stereocenters. The highest BCUT2D eigenvalue weighted by atomic mass is 19.1. The van der Waals surface area contributed by atoms with E-state index in [0.29, 0.717) is 17.6 Å². The van der Waals surface area contributed by atoms with Crippen LogP contribution in [0.15, 0.2) is 18.2 Å². The summed E-state index contributed by atoms with van der Waals surface area (Å²) in [5.74, 6) is -0.154. The molecule has 0 bridgehead atoms. The zero-order valence-electron chi connectivity index (χ0n) is 8.26. The van der Waals surface area contributed by atoms with Crippen molar-refractivity contribution < 1.29 is 4.39 Å². The third-order valence-electron chi connectivity index (χ3n) is 2.80. The van der Waals surface area contributed by atoms with Crippen molar-refractivity contribution in [3.8, 4) is 0 Å². The first-order valence-electron chi connectivity index (χ1n) is 4.94. The van der Waals surface area contributed by atoms with Gasteiger partial charge in [-0.3, -0.25) is 0 Å². The van der Waals surface area contributed by atoms with Crippen LogP contribution in [-0.4, -0.2) is 12.1 Å². The summed E-state index contributed by atoms with van der Waals surface area (Å²) in [5.41, 5.74) is 7.25. The molecule has 0 heterocycles. The smallest absolute Gasteiger partial charge is 0.128 e. The minimum atomic E-state index is -0.154. The topological polar surface area (TPSA) is 38.0 Å². The second-order valence-electron chi connectivity index (χ2n) is 3.99. The molecule has 2 nitrogen and oxygen atoms in total. The van der Waals surface area contributed by atoms with Crippen LogP contribution in [0.4, 0.5) is 10.1 Å². The van der Waals surface area contributed by atoms with Crippen LogP contribution in [0.5, 0.6) is 0 Å². The molecule has 0 saturated heterocycles. The number of nitrogens with two attached hydrogens (primary N) is 1. The van der Waals surface area contributed by atoms with Crippen LogP contribution < -0.4 is 11.1 Å². The van der Waals surface area contributed by atoms with Crippen molar-refractivity contribution in [3.63, 3.8) is 0 Å². The van der Waals surface area contributed by atoms with Gasteiger partial charge in [-0.1, -0.05) is 6.07 Å². The number of nitrogens with one attached hydrogen (secondary N) is 1.